The first-order chi connectivity index (χ1) is 13.5. The molecule has 2 aliphatic rings. The zero-order chi connectivity index (χ0) is 20.1. The number of phenols is 1. The maximum absolute atomic E-state index is 12.5. The van der Waals surface area contributed by atoms with Crippen molar-refractivity contribution in [1.82, 2.24) is 10.6 Å². The van der Waals surface area contributed by atoms with Crippen molar-refractivity contribution in [3.8, 4) is 5.75 Å². The summed E-state index contributed by atoms with van der Waals surface area (Å²) in [6.45, 7) is 7.83. The molecule has 0 aliphatic carbocycles. The Morgan fingerprint density at radius 2 is 2.00 bits per heavy atom. The van der Waals surface area contributed by atoms with Gasteiger partial charge in [-0.15, -0.1) is 0 Å². The number of quaternary nitrogens is 1. The average molecular weight is 389 g/mol. The molecule has 0 saturated carbocycles. The maximum Gasteiger partial charge on any atom is 0.338 e. The topological polar surface area (TPSA) is 95.3 Å². The molecule has 0 radical (unpaired) electrons. The second-order valence-corrected chi connectivity index (χ2v) is 7.07. The molecule has 2 heterocycles. The van der Waals surface area contributed by atoms with Crippen LogP contribution in [0.5, 0.6) is 5.75 Å². The van der Waals surface area contributed by atoms with E-state index in [0.29, 0.717) is 30.8 Å². The zero-order valence-corrected chi connectivity index (χ0v) is 16.5. The molecule has 8 heteroatoms. The summed E-state index contributed by atoms with van der Waals surface area (Å²) >= 11 is 0. The van der Waals surface area contributed by atoms with Crippen LogP contribution < -0.4 is 20.4 Å². The molecule has 0 bridgehead atoms. The molecule has 28 heavy (non-hydrogen) atoms. The number of benzene rings is 1. The number of phenolic OH excluding ortho intramolecular Hbond substituents is 1. The number of aromatic hydroxyl groups is 1. The van der Waals surface area contributed by atoms with Crippen LogP contribution in [0.1, 0.15) is 20.3 Å². The Morgan fingerprint density at radius 3 is 2.64 bits per heavy atom. The fourth-order valence-corrected chi connectivity index (χ4v) is 3.82. The van der Waals surface area contributed by atoms with Gasteiger partial charge in [-0.1, -0.05) is 19.1 Å². The Hall–Kier alpha value is -2.74. The number of nitrogens with one attached hydrogen (secondary N) is 3. The highest BCUT2D eigenvalue weighted by Gasteiger charge is 2.34. The van der Waals surface area contributed by atoms with E-state index in [0.717, 1.165) is 31.9 Å². The van der Waals surface area contributed by atoms with Crippen molar-refractivity contribution < 1.29 is 24.3 Å². The lowest BCUT2D eigenvalue weighted by atomic mass is 10.00. The van der Waals surface area contributed by atoms with Gasteiger partial charge in [0.15, 0.2) is 0 Å². The van der Waals surface area contributed by atoms with E-state index in [2.05, 4.69) is 15.5 Å². The molecule has 1 aromatic carbocycles. The Kier molecular flexibility index (Phi) is 6.41. The highest BCUT2D eigenvalue weighted by Crippen LogP contribution is 2.26. The molecule has 0 aromatic heterocycles. The van der Waals surface area contributed by atoms with Crippen molar-refractivity contribution in [1.29, 1.82) is 0 Å². The Labute approximate surface area is 165 Å². The second-order valence-electron chi connectivity index (χ2n) is 7.07. The van der Waals surface area contributed by atoms with Crippen molar-refractivity contribution in [3.63, 3.8) is 0 Å². The fourth-order valence-electron chi connectivity index (χ4n) is 3.82. The van der Waals surface area contributed by atoms with Crippen LogP contribution in [-0.2, 0) is 9.53 Å². The molecule has 3 rings (SSSR count). The number of esters is 1. The van der Waals surface area contributed by atoms with Gasteiger partial charge in [0, 0.05) is 0 Å². The number of piperazine rings is 1. The lowest BCUT2D eigenvalue weighted by Gasteiger charge is -2.35. The number of carbonyl (C=O) groups is 2. The van der Waals surface area contributed by atoms with Crippen molar-refractivity contribution >= 4 is 17.7 Å². The Morgan fingerprint density at radius 1 is 1.29 bits per heavy atom. The van der Waals surface area contributed by atoms with E-state index in [4.69, 9.17) is 4.74 Å². The number of nitrogens with zero attached hydrogens (tertiary/aromatic N) is 1. The largest absolute Gasteiger partial charge is 0.506 e. The van der Waals surface area contributed by atoms with Gasteiger partial charge in [0.05, 0.1) is 55.8 Å². The number of urea groups is 1. The van der Waals surface area contributed by atoms with E-state index in [9.17, 15) is 14.7 Å². The van der Waals surface area contributed by atoms with Gasteiger partial charge in [-0.05, 0) is 25.5 Å². The molecule has 0 spiro atoms. The van der Waals surface area contributed by atoms with E-state index in [1.807, 2.05) is 25.1 Å². The standard InChI is InChI=1S/C20H28N4O4/c1-3-14-18(19(26)28-4-2)15(22-20(27)21-14)13-23-9-11-24(12-10-23)16-7-5-6-8-17(16)25/h5-8,14,25H,3-4,9-13H2,1-2H3,(H2,21,22,27)/p+1/t14-/m0/s1. The minimum Gasteiger partial charge on any atom is -0.506 e. The first-order valence-electron chi connectivity index (χ1n) is 9.87. The van der Waals surface area contributed by atoms with E-state index >= 15 is 0 Å². The molecule has 2 aliphatic heterocycles. The van der Waals surface area contributed by atoms with Gasteiger partial charge in [-0.25, -0.2) is 9.59 Å². The van der Waals surface area contributed by atoms with Gasteiger partial charge in [0.2, 0.25) is 0 Å². The van der Waals surface area contributed by atoms with E-state index < -0.39 is 0 Å². The van der Waals surface area contributed by atoms with Gasteiger partial charge >= 0.3 is 12.0 Å². The molecule has 1 atom stereocenters. The monoisotopic (exact) mass is 389 g/mol. The first-order valence-corrected chi connectivity index (χ1v) is 9.87. The van der Waals surface area contributed by atoms with E-state index in [1.54, 1.807) is 13.0 Å². The second kappa shape index (κ2) is 8.97. The quantitative estimate of drug-likeness (QED) is 0.514. The molecule has 2 amide bonds. The maximum atomic E-state index is 12.5. The third-order valence-electron chi connectivity index (χ3n) is 5.27. The summed E-state index contributed by atoms with van der Waals surface area (Å²) < 4.78 is 5.22. The summed E-state index contributed by atoms with van der Waals surface area (Å²) in [5.74, 6) is -0.0845. The van der Waals surface area contributed by atoms with E-state index in [-0.39, 0.29) is 23.8 Å². The predicted molar refractivity (Wildman–Crippen MR) is 105 cm³/mol. The van der Waals surface area contributed by atoms with Crippen molar-refractivity contribution in [2.45, 2.75) is 26.3 Å². The summed E-state index contributed by atoms with van der Waals surface area (Å²) in [7, 11) is 0. The van der Waals surface area contributed by atoms with Gasteiger partial charge in [0.25, 0.3) is 0 Å². The molecular weight excluding hydrogens is 360 g/mol. The van der Waals surface area contributed by atoms with Gasteiger partial charge < -0.3 is 30.3 Å². The van der Waals surface area contributed by atoms with Gasteiger partial charge in [-0.3, -0.25) is 0 Å². The van der Waals surface area contributed by atoms with Crippen LogP contribution in [0.25, 0.3) is 0 Å². The van der Waals surface area contributed by atoms with Crippen molar-refractivity contribution in [2.75, 3.05) is 44.2 Å². The number of para-hydroxylation sites is 2. The van der Waals surface area contributed by atoms with Crippen LogP contribution in [0.15, 0.2) is 35.5 Å². The smallest absolute Gasteiger partial charge is 0.338 e. The third kappa shape index (κ3) is 4.39. The number of amides is 2. The minimum absolute atomic E-state index is 0.276. The van der Waals surface area contributed by atoms with Gasteiger partial charge in [0.1, 0.15) is 12.3 Å². The molecule has 0 unspecified atom stereocenters. The SMILES string of the molecule is CCOC(=O)C1=C(C[NH+]2CCN(c3ccccc3O)CC2)NC(=O)N[C@H]1CC. The van der Waals surface area contributed by atoms with Crippen LogP contribution >= 0.6 is 0 Å². The molecule has 1 fully saturated rings. The van der Waals surface area contributed by atoms with Gasteiger partial charge in [-0.2, -0.15) is 0 Å². The summed E-state index contributed by atoms with van der Waals surface area (Å²) in [5, 5.41) is 15.7. The first kappa shape index (κ1) is 20.0. The van der Waals surface area contributed by atoms with Crippen molar-refractivity contribution in [3.05, 3.63) is 35.5 Å². The summed E-state index contributed by atoms with van der Waals surface area (Å²) in [6, 6.07) is 6.74. The third-order valence-corrected chi connectivity index (χ3v) is 5.27. The highest BCUT2D eigenvalue weighted by atomic mass is 16.5. The summed E-state index contributed by atoms with van der Waals surface area (Å²) in [5.41, 5.74) is 2.02. The lowest BCUT2D eigenvalue weighted by molar-refractivity contribution is -0.896. The molecular formula is C20H29N4O4+. The molecule has 4 N–H and O–H groups in total. The summed E-state index contributed by atoms with van der Waals surface area (Å²) in [6.07, 6.45) is 0.626. The molecule has 1 aromatic rings. The Bertz CT molecular complexity index is 756. The van der Waals surface area contributed by atoms with Crippen LogP contribution in [0.4, 0.5) is 10.5 Å². The number of rotatable bonds is 6. The predicted octanol–water partition coefficient (Wildman–Crippen LogP) is 0.00570. The lowest BCUT2D eigenvalue weighted by Crippen LogP contribution is -3.15. The molecule has 1 saturated heterocycles. The number of ether oxygens (including phenoxy) is 1. The molecule has 8 nitrogen and oxygen atoms in total. The normalized spacial score (nSPS) is 20.6. The number of hydrogen-bond acceptors (Lipinski definition) is 5. The minimum atomic E-state index is -0.371. The van der Waals surface area contributed by atoms with Crippen LogP contribution in [0.2, 0.25) is 0 Å². The summed E-state index contributed by atoms with van der Waals surface area (Å²) in [4.78, 5) is 28.0. The van der Waals surface area contributed by atoms with Crippen LogP contribution in [-0.4, -0.2) is 62.5 Å². The van der Waals surface area contributed by atoms with Crippen LogP contribution in [0.3, 0.4) is 0 Å². The zero-order valence-electron chi connectivity index (χ0n) is 16.5. The van der Waals surface area contributed by atoms with Crippen molar-refractivity contribution in [2.24, 2.45) is 0 Å². The Balaban J connectivity index is 1.71. The number of carbonyl (C=O) groups excluding carboxylic acids is 2. The van der Waals surface area contributed by atoms with E-state index in [1.165, 1.54) is 4.90 Å². The number of anilines is 1. The highest BCUT2D eigenvalue weighted by molar-refractivity contribution is 5.94. The fraction of sp³-hybridized carbons (Fsp3) is 0.500. The number of hydrogen-bond donors (Lipinski definition) is 4. The average Bonchev–Trinajstić information content (AvgIpc) is 2.68. The molecule has 152 valence electrons. The van der Waals surface area contributed by atoms with Crippen LogP contribution in [0, 0.1) is 0 Å².